The SMILES string of the molecule is N#Cc1nccnc1OCC(=O)O. The number of carboxylic acid groups (broad SMARTS) is 1. The van der Waals surface area contributed by atoms with E-state index in [-0.39, 0.29) is 11.6 Å². The first kappa shape index (κ1) is 8.93. The molecule has 1 aromatic heterocycles. The molecule has 0 aromatic carbocycles. The van der Waals surface area contributed by atoms with E-state index in [0.29, 0.717) is 0 Å². The van der Waals surface area contributed by atoms with Gasteiger partial charge in [0.2, 0.25) is 5.69 Å². The van der Waals surface area contributed by atoms with Gasteiger partial charge in [-0.05, 0) is 0 Å². The quantitative estimate of drug-likeness (QED) is 0.690. The lowest BCUT2D eigenvalue weighted by molar-refractivity contribution is -0.139. The zero-order chi connectivity index (χ0) is 9.68. The lowest BCUT2D eigenvalue weighted by Gasteiger charge is -2.01. The molecular formula is C7H5N3O3. The first-order valence-corrected chi connectivity index (χ1v) is 3.29. The maximum absolute atomic E-state index is 10.1. The second kappa shape index (κ2) is 4.01. The average molecular weight is 179 g/mol. The van der Waals surface area contributed by atoms with Gasteiger partial charge in [-0.15, -0.1) is 0 Å². The summed E-state index contributed by atoms with van der Waals surface area (Å²) in [5.41, 5.74) is -0.0243. The number of rotatable bonds is 3. The fraction of sp³-hybridized carbons (Fsp3) is 0.143. The van der Waals surface area contributed by atoms with Crippen LogP contribution in [-0.2, 0) is 4.79 Å². The summed E-state index contributed by atoms with van der Waals surface area (Å²) >= 11 is 0. The van der Waals surface area contributed by atoms with E-state index in [9.17, 15) is 4.79 Å². The third-order valence-electron chi connectivity index (χ3n) is 1.10. The van der Waals surface area contributed by atoms with Crippen LogP contribution >= 0.6 is 0 Å². The Morgan fingerprint density at radius 1 is 1.62 bits per heavy atom. The standard InChI is InChI=1S/C7H5N3O3/c8-3-5-7(10-2-1-9-5)13-4-6(11)12/h1-2H,4H2,(H,11,12). The predicted molar refractivity (Wildman–Crippen MR) is 39.9 cm³/mol. The number of hydrogen-bond acceptors (Lipinski definition) is 5. The highest BCUT2D eigenvalue weighted by molar-refractivity contribution is 5.68. The highest BCUT2D eigenvalue weighted by atomic mass is 16.5. The van der Waals surface area contributed by atoms with Crippen LogP contribution in [0.1, 0.15) is 5.69 Å². The minimum atomic E-state index is -1.13. The highest BCUT2D eigenvalue weighted by Crippen LogP contribution is 2.08. The van der Waals surface area contributed by atoms with Gasteiger partial charge in [-0.3, -0.25) is 0 Å². The number of carbonyl (C=O) groups is 1. The number of carboxylic acids is 1. The molecule has 1 heterocycles. The summed E-state index contributed by atoms with van der Waals surface area (Å²) in [7, 11) is 0. The van der Waals surface area contributed by atoms with Crippen LogP contribution in [0.4, 0.5) is 0 Å². The normalized spacial score (nSPS) is 8.85. The van der Waals surface area contributed by atoms with Crippen molar-refractivity contribution < 1.29 is 14.6 Å². The number of aliphatic carboxylic acids is 1. The number of aromatic nitrogens is 2. The molecule has 1 aromatic rings. The Labute approximate surface area is 73.4 Å². The summed E-state index contributed by atoms with van der Waals surface area (Å²) in [6, 6.07) is 1.73. The third-order valence-corrected chi connectivity index (χ3v) is 1.10. The molecule has 1 N–H and O–H groups in total. The third kappa shape index (κ3) is 2.41. The van der Waals surface area contributed by atoms with Crippen molar-refractivity contribution in [3.8, 4) is 11.9 Å². The van der Waals surface area contributed by atoms with E-state index >= 15 is 0 Å². The van der Waals surface area contributed by atoms with E-state index in [1.807, 2.05) is 0 Å². The van der Waals surface area contributed by atoms with Gasteiger partial charge in [0, 0.05) is 12.4 Å². The Hall–Kier alpha value is -2.16. The summed E-state index contributed by atoms with van der Waals surface area (Å²) in [6.45, 7) is -0.534. The zero-order valence-electron chi connectivity index (χ0n) is 6.47. The van der Waals surface area contributed by atoms with E-state index in [4.69, 9.17) is 15.1 Å². The Bertz CT molecular complexity index is 358. The molecule has 0 bridgehead atoms. The van der Waals surface area contributed by atoms with Gasteiger partial charge in [-0.1, -0.05) is 0 Å². The smallest absolute Gasteiger partial charge is 0.341 e. The number of nitrogens with zero attached hydrogens (tertiary/aromatic N) is 3. The average Bonchev–Trinajstić information content (AvgIpc) is 2.15. The Morgan fingerprint density at radius 2 is 2.31 bits per heavy atom. The summed E-state index contributed by atoms with van der Waals surface area (Å²) < 4.78 is 4.69. The van der Waals surface area contributed by atoms with Crippen LogP contribution in [-0.4, -0.2) is 27.7 Å². The minimum Gasteiger partial charge on any atom is -0.479 e. The first-order chi connectivity index (χ1) is 6.24. The fourth-order valence-corrected chi connectivity index (χ4v) is 0.638. The van der Waals surface area contributed by atoms with Crippen LogP contribution in [0.5, 0.6) is 5.88 Å². The molecule has 1 rings (SSSR count). The van der Waals surface area contributed by atoms with Gasteiger partial charge in [-0.25, -0.2) is 14.8 Å². The number of hydrogen-bond donors (Lipinski definition) is 1. The highest BCUT2D eigenvalue weighted by Gasteiger charge is 2.06. The number of ether oxygens (including phenoxy) is 1. The van der Waals surface area contributed by atoms with Gasteiger partial charge >= 0.3 is 5.97 Å². The molecule has 66 valence electrons. The fourth-order valence-electron chi connectivity index (χ4n) is 0.638. The molecule has 0 aliphatic heterocycles. The van der Waals surface area contributed by atoms with E-state index in [2.05, 4.69) is 9.97 Å². The van der Waals surface area contributed by atoms with Crippen molar-refractivity contribution in [2.75, 3.05) is 6.61 Å². The summed E-state index contributed by atoms with van der Waals surface area (Å²) in [6.07, 6.45) is 2.64. The van der Waals surface area contributed by atoms with Crippen LogP contribution in [0, 0.1) is 11.3 Å². The van der Waals surface area contributed by atoms with E-state index in [1.165, 1.54) is 12.4 Å². The largest absolute Gasteiger partial charge is 0.479 e. The lowest BCUT2D eigenvalue weighted by Crippen LogP contribution is -2.11. The van der Waals surface area contributed by atoms with Crippen molar-refractivity contribution >= 4 is 5.97 Å². The molecule has 6 nitrogen and oxygen atoms in total. The second-order valence-corrected chi connectivity index (χ2v) is 2.00. The molecule has 0 atom stereocenters. The van der Waals surface area contributed by atoms with Crippen molar-refractivity contribution in [3.63, 3.8) is 0 Å². The second-order valence-electron chi connectivity index (χ2n) is 2.00. The topological polar surface area (TPSA) is 96.1 Å². The zero-order valence-corrected chi connectivity index (χ0v) is 6.47. The van der Waals surface area contributed by atoms with Gasteiger partial charge in [0.05, 0.1) is 0 Å². The van der Waals surface area contributed by atoms with Gasteiger partial charge in [-0.2, -0.15) is 5.26 Å². The molecule has 0 saturated heterocycles. The molecule has 0 amide bonds. The van der Waals surface area contributed by atoms with Crippen molar-refractivity contribution in [2.45, 2.75) is 0 Å². The van der Waals surface area contributed by atoms with Crippen LogP contribution in [0.25, 0.3) is 0 Å². The van der Waals surface area contributed by atoms with Gasteiger partial charge in [0.15, 0.2) is 6.61 Å². The Kier molecular flexibility index (Phi) is 2.76. The Morgan fingerprint density at radius 3 is 2.92 bits per heavy atom. The first-order valence-electron chi connectivity index (χ1n) is 3.29. The van der Waals surface area contributed by atoms with E-state index < -0.39 is 12.6 Å². The molecule has 0 aliphatic rings. The van der Waals surface area contributed by atoms with Crippen molar-refractivity contribution in [1.82, 2.24) is 9.97 Å². The summed E-state index contributed by atoms with van der Waals surface area (Å²) in [5.74, 6) is -1.19. The van der Waals surface area contributed by atoms with E-state index in [0.717, 1.165) is 0 Å². The molecule has 6 heteroatoms. The van der Waals surface area contributed by atoms with Crippen molar-refractivity contribution in [3.05, 3.63) is 18.1 Å². The molecular weight excluding hydrogens is 174 g/mol. The maximum Gasteiger partial charge on any atom is 0.341 e. The minimum absolute atomic E-state index is 0.0243. The van der Waals surface area contributed by atoms with Crippen LogP contribution in [0.15, 0.2) is 12.4 Å². The number of nitriles is 1. The molecule has 0 saturated carbocycles. The van der Waals surface area contributed by atoms with Gasteiger partial charge in [0.1, 0.15) is 6.07 Å². The Balaban J connectivity index is 2.77. The lowest BCUT2D eigenvalue weighted by atomic mass is 10.5. The van der Waals surface area contributed by atoms with Crippen LogP contribution in [0.2, 0.25) is 0 Å². The molecule has 0 radical (unpaired) electrons. The molecule has 0 spiro atoms. The van der Waals surface area contributed by atoms with Crippen LogP contribution in [0.3, 0.4) is 0 Å². The molecule has 0 fully saturated rings. The predicted octanol–water partition coefficient (Wildman–Crippen LogP) is -0.188. The van der Waals surface area contributed by atoms with Crippen LogP contribution < -0.4 is 4.74 Å². The van der Waals surface area contributed by atoms with Gasteiger partial charge < -0.3 is 9.84 Å². The van der Waals surface area contributed by atoms with Gasteiger partial charge in [0.25, 0.3) is 5.88 Å². The molecule has 0 unspecified atom stereocenters. The van der Waals surface area contributed by atoms with Crippen molar-refractivity contribution in [2.24, 2.45) is 0 Å². The monoisotopic (exact) mass is 179 g/mol. The summed E-state index contributed by atoms with van der Waals surface area (Å²) in [4.78, 5) is 17.4. The molecule has 0 aliphatic carbocycles. The van der Waals surface area contributed by atoms with Crippen molar-refractivity contribution in [1.29, 1.82) is 5.26 Å². The maximum atomic E-state index is 10.1. The molecule has 13 heavy (non-hydrogen) atoms. The van der Waals surface area contributed by atoms with E-state index in [1.54, 1.807) is 6.07 Å². The summed E-state index contributed by atoms with van der Waals surface area (Å²) in [5, 5.41) is 16.8.